The molecule has 0 aliphatic carbocycles. The van der Waals surface area contributed by atoms with E-state index in [2.05, 4.69) is 25.4 Å². The number of phenols is 1. The number of anilines is 1. The van der Waals surface area contributed by atoms with Crippen molar-refractivity contribution in [2.45, 2.75) is 57.4 Å². The molecule has 0 radical (unpaired) electrons. The van der Waals surface area contributed by atoms with Crippen LogP contribution in [0.3, 0.4) is 0 Å². The first kappa shape index (κ1) is 38.2. The Morgan fingerprint density at radius 3 is 2.24 bits per heavy atom. The van der Waals surface area contributed by atoms with Gasteiger partial charge in [-0.3, -0.25) is 19.9 Å². The number of pyridine rings is 1. The molecule has 2 fully saturated rings. The smallest absolute Gasteiger partial charge is 0.411 e. The van der Waals surface area contributed by atoms with Crippen LogP contribution in [0.2, 0.25) is 0 Å². The van der Waals surface area contributed by atoms with Crippen molar-refractivity contribution < 1.29 is 24.1 Å². The van der Waals surface area contributed by atoms with Gasteiger partial charge in [0.05, 0.1) is 17.3 Å². The number of H-pyrrole nitrogens is 1. The van der Waals surface area contributed by atoms with E-state index in [-0.39, 0.29) is 23.2 Å². The normalized spacial score (nSPS) is 16.6. The molecule has 11 heteroatoms. The summed E-state index contributed by atoms with van der Waals surface area (Å²) in [6.07, 6.45) is 3.02. The molecule has 7 rings (SSSR count). The molecule has 3 heterocycles. The quantitative estimate of drug-likeness (QED) is 0.0802. The number of aliphatic hydroxyl groups excluding tert-OH is 1. The van der Waals surface area contributed by atoms with Crippen LogP contribution >= 0.6 is 0 Å². The van der Waals surface area contributed by atoms with Crippen molar-refractivity contribution in [3.05, 3.63) is 130 Å². The SMILES string of the molecule is O=C(Nc1ccccc1-c1ccccc1)OC1CCN(Cc2cccc(CN3CCC(CCNC[C@H](O)c4ccc(O)c5[nH]c(=O)ccc45)CC3)c2F)CC1. The first-order chi connectivity index (χ1) is 26.8. The van der Waals surface area contributed by atoms with Gasteiger partial charge in [0, 0.05) is 60.9 Å². The van der Waals surface area contributed by atoms with Crippen molar-refractivity contribution in [2.24, 2.45) is 5.92 Å². The third-order valence-corrected chi connectivity index (χ3v) is 11.0. The van der Waals surface area contributed by atoms with E-state index in [9.17, 15) is 19.8 Å². The number of carbonyl (C=O) groups excluding carboxylic acids is 1. The van der Waals surface area contributed by atoms with E-state index in [0.29, 0.717) is 66.1 Å². The van der Waals surface area contributed by atoms with E-state index in [1.165, 1.54) is 12.1 Å². The van der Waals surface area contributed by atoms with E-state index >= 15 is 4.39 Å². The molecule has 1 atom stereocenters. The lowest BCUT2D eigenvalue weighted by molar-refractivity contribution is 0.0564. The fourth-order valence-corrected chi connectivity index (χ4v) is 7.93. The van der Waals surface area contributed by atoms with E-state index in [1.54, 1.807) is 12.1 Å². The molecule has 55 heavy (non-hydrogen) atoms. The number of carbonyl (C=O) groups is 1. The van der Waals surface area contributed by atoms with Crippen molar-refractivity contribution in [2.75, 3.05) is 44.6 Å². The van der Waals surface area contributed by atoms with Gasteiger partial charge in [-0.15, -0.1) is 0 Å². The lowest BCUT2D eigenvalue weighted by Crippen LogP contribution is -2.38. The zero-order chi connectivity index (χ0) is 38.1. The summed E-state index contributed by atoms with van der Waals surface area (Å²) in [6.45, 7) is 5.50. The fraction of sp³-hybridized carbons (Fsp3) is 0.364. The number of fused-ring (bicyclic) bond motifs is 1. The number of aromatic nitrogens is 1. The maximum atomic E-state index is 15.8. The number of nitrogens with one attached hydrogen (secondary N) is 3. The summed E-state index contributed by atoms with van der Waals surface area (Å²) >= 11 is 0. The maximum Gasteiger partial charge on any atom is 0.411 e. The van der Waals surface area contributed by atoms with Gasteiger partial charge < -0.3 is 25.3 Å². The molecular formula is C44H50FN5O5. The zero-order valence-electron chi connectivity index (χ0n) is 31.1. The van der Waals surface area contributed by atoms with Crippen LogP contribution in [0.15, 0.2) is 102 Å². The second kappa shape index (κ2) is 18.0. The van der Waals surface area contributed by atoms with Gasteiger partial charge in [0.2, 0.25) is 5.56 Å². The summed E-state index contributed by atoms with van der Waals surface area (Å²) in [7, 11) is 0. The van der Waals surface area contributed by atoms with Crippen molar-refractivity contribution in [3.63, 3.8) is 0 Å². The van der Waals surface area contributed by atoms with Crippen LogP contribution in [-0.2, 0) is 17.8 Å². The number of aromatic hydroxyl groups is 1. The Morgan fingerprint density at radius 1 is 0.836 bits per heavy atom. The van der Waals surface area contributed by atoms with Crippen LogP contribution in [0.1, 0.15) is 54.9 Å². The molecule has 2 aliphatic rings. The van der Waals surface area contributed by atoms with Crippen LogP contribution in [-0.4, -0.2) is 76.5 Å². The van der Waals surface area contributed by atoms with E-state index in [0.717, 1.165) is 68.7 Å². The number of likely N-dealkylation sites (tertiary alicyclic amines) is 2. The average Bonchev–Trinajstić information content (AvgIpc) is 3.20. The molecular weight excluding hydrogens is 698 g/mol. The van der Waals surface area contributed by atoms with Crippen molar-refractivity contribution in [3.8, 4) is 16.9 Å². The molecule has 0 saturated carbocycles. The second-order valence-corrected chi connectivity index (χ2v) is 14.8. The molecule has 0 spiro atoms. The minimum absolute atomic E-state index is 0.0250. The lowest BCUT2D eigenvalue weighted by Gasteiger charge is -2.33. The van der Waals surface area contributed by atoms with Gasteiger partial charge in [0.25, 0.3) is 0 Å². The molecule has 0 unspecified atom stereocenters. The van der Waals surface area contributed by atoms with E-state index in [1.807, 2.05) is 72.8 Å². The number of piperidine rings is 2. The first-order valence-corrected chi connectivity index (χ1v) is 19.4. The third kappa shape index (κ3) is 9.79. The standard InChI is InChI=1S/C44H50FN5O5/c45-42-32(28-49-23-18-30(19-24-49)17-22-46-27-40(52)36-13-15-39(51)43-37(36)14-16-41(53)48-43)9-6-10-33(42)29-50-25-20-34(21-26-50)55-44(54)47-38-12-5-4-11-35(38)31-7-2-1-3-8-31/h1-16,30,34,40,46,51-52H,17-29H2,(H,47,54)(H,48,53)/t40-/m0/s1. The predicted octanol–water partition coefficient (Wildman–Crippen LogP) is 7.18. The Kier molecular flexibility index (Phi) is 12.5. The number of hydrogen-bond acceptors (Lipinski definition) is 8. The topological polar surface area (TPSA) is 130 Å². The maximum absolute atomic E-state index is 15.8. The van der Waals surface area contributed by atoms with Gasteiger partial charge in [-0.2, -0.15) is 0 Å². The number of ether oxygens (including phenoxy) is 1. The first-order valence-electron chi connectivity index (χ1n) is 19.4. The summed E-state index contributed by atoms with van der Waals surface area (Å²) in [4.78, 5) is 31.8. The molecule has 288 valence electrons. The van der Waals surface area contributed by atoms with Crippen molar-refractivity contribution in [1.29, 1.82) is 0 Å². The van der Waals surface area contributed by atoms with Gasteiger partial charge >= 0.3 is 6.09 Å². The van der Waals surface area contributed by atoms with Crippen LogP contribution in [0.4, 0.5) is 14.9 Å². The highest BCUT2D eigenvalue weighted by atomic mass is 19.1. The highest BCUT2D eigenvalue weighted by Crippen LogP contribution is 2.30. The Labute approximate surface area is 321 Å². The molecule has 0 bridgehead atoms. The molecule has 1 aromatic heterocycles. The third-order valence-electron chi connectivity index (χ3n) is 11.0. The molecule has 5 N–H and O–H groups in total. The largest absolute Gasteiger partial charge is 0.506 e. The Bertz CT molecular complexity index is 2110. The summed E-state index contributed by atoms with van der Waals surface area (Å²) in [5.74, 6) is 0.401. The van der Waals surface area contributed by atoms with Crippen LogP contribution in [0, 0.1) is 11.7 Å². The summed E-state index contributed by atoms with van der Waals surface area (Å²) in [5.41, 5.74) is 4.76. The van der Waals surface area contributed by atoms with Gasteiger partial charge in [-0.1, -0.05) is 72.8 Å². The van der Waals surface area contributed by atoms with Gasteiger partial charge in [-0.05, 0) is 87.0 Å². The summed E-state index contributed by atoms with van der Waals surface area (Å²) in [6, 6.07) is 29.5. The molecule has 10 nitrogen and oxygen atoms in total. The number of rotatable bonds is 13. The van der Waals surface area contributed by atoms with Gasteiger partial charge in [0.1, 0.15) is 17.7 Å². The minimum Gasteiger partial charge on any atom is -0.506 e. The average molecular weight is 748 g/mol. The number of phenolic OH excluding ortho intramolecular Hbond substituents is 1. The Morgan fingerprint density at radius 2 is 1.51 bits per heavy atom. The monoisotopic (exact) mass is 747 g/mol. The van der Waals surface area contributed by atoms with Crippen molar-refractivity contribution >= 4 is 22.7 Å². The number of hydrogen-bond donors (Lipinski definition) is 5. The number of halogens is 1. The number of aromatic amines is 1. The Hall–Kier alpha value is -5.07. The number of amides is 1. The number of benzene rings is 4. The van der Waals surface area contributed by atoms with Crippen molar-refractivity contribution in [1.82, 2.24) is 20.1 Å². The van der Waals surface area contributed by atoms with Gasteiger partial charge in [0.15, 0.2) is 0 Å². The highest BCUT2D eigenvalue weighted by Gasteiger charge is 2.25. The van der Waals surface area contributed by atoms with Crippen LogP contribution < -0.4 is 16.2 Å². The summed E-state index contributed by atoms with van der Waals surface area (Å²) < 4.78 is 21.6. The highest BCUT2D eigenvalue weighted by molar-refractivity contribution is 5.91. The Balaban J connectivity index is 0.815. The van der Waals surface area contributed by atoms with Crippen LogP contribution in [0.5, 0.6) is 5.75 Å². The number of aliphatic hydroxyl groups is 1. The minimum atomic E-state index is -0.782. The molecule has 4 aromatic carbocycles. The van der Waals surface area contributed by atoms with Gasteiger partial charge in [-0.25, -0.2) is 9.18 Å². The molecule has 1 amide bonds. The fourth-order valence-electron chi connectivity index (χ4n) is 7.93. The number of nitrogens with zero attached hydrogens (tertiary/aromatic N) is 2. The zero-order valence-corrected chi connectivity index (χ0v) is 31.1. The predicted molar refractivity (Wildman–Crippen MR) is 213 cm³/mol. The summed E-state index contributed by atoms with van der Waals surface area (Å²) in [5, 5.41) is 27.9. The van der Waals surface area contributed by atoms with E-state index in [4.69, 9.17) is 4.74 Å². The molecule has 2 saturated heterocycles. The molecule has 5 aromatic rings. The van der Waals surface area contributed by atoms with E-state index < -0.39 is 12.2 Å². The second-order valence-electron chi connectivity index (χ2n) is 14.8. The number of para-hydroxylation sites is 1. The molecule has 2 aliphatic heterocycles. The van der Waals surface area contributed by atoms with Crippen LogP contribution in [0.25, 0.3) is 22.0 Å². The lowest BCUT2D eigenvalue weighted by atomic mass is 9.93.